The van der Waals surface area contributed by atoms with E-state index in [1.54, 1.807) is 13.8 Å². The molecule has 130 valence electrons. The summed E-state index contributed by atoms with van der Waals surface area (Å²) in [5.41, 5.74) is 0.749. The summed E-state index contributed by atoms with van der Waals surface area (Å²) in [6, 6.07) is 13.6. The van der Waals surface area contributed by atoms with Crippen LogP contribution in [-0.2, 0) is 6.54 Å². The molecule has 0 spiro atoms. The quantitative estimate of drug-likeness (QED) is 0.550. The summed E-state index contributed by atoms with van der Waals surface area (Å²) < 4.78 is 7.20. The number of benzene rings is 2. The van der Waals surface area contributed by atoms with Crippen molar-refractivity contribution in [1.82, 2.24) is 9.78 Å². The SMILES string of the molecule is Cc1nn(CC(O)COc2cccc3ccccc23)c(C)c1[N+](=O)[O-]. The van der Waals surface area contributed by atoms with Crippen molar-refractivity contribution in [3.05, 3.63) is 64.0 Å². The zero-order chi connectivity index (χ0) is 18.0. The first-order valence-corrected chi connectivity index (χ1v) is 7.94. The number of aromatic nitrogens is 2. The maximum atomic E-state index is 11.0. The molecule has 0 aliphatic carbocycles. The maximum Gasteiger partial charge on any atom is 0.312 e. The minimum Gasteiger partial charge on any atom is -0.490 e. The average Bonchev–Trinajstić information content (AvgIpc) is 2.86. The van der Waals surface area contributed by atoms with Gasteiger partial charge >= 0.3 is 5.69 Å². The van der Waals surface area contributed by atoms with E-state index in [0.717, 1.165) is 10.8 Å². The molecule has 0 bridgehead atoms. The van der Waals surface area contributed by atoms with E-state index >= 15 is 0 Å². The van der Waals surface area contributed by atoms with Gasteiger partial charge in [0.15, 0.2) is 0 Å². The second-order valence-corrected chi connectivity index (χ2v) is 5.90. The third-order valence-electron chi connectivity index (χ3n) is 4.09. The van der Waals surface area contributed by atoms with Crippen LogP contribution in [0.4, 0.5) is 5.69 Å². The van der Waals surface area contributed by atoms with Crippen LogP contribution in [0.1, 0.15) is 11.4 Å². The zero-order valence-corrected chi connectivity index (χ0v) is 14.0. The van der Waals surface area contributed by atoms with Crippen molar-refractivity contribution >= 4 is 16.5 Å². The van der Waals surface area contributed by atoms with Crippen LogP contribution in [0.3, 0.4) is 0 Å². The first kappa shape index (κ1) is 16.9. The van der Waals surface area contributed by atoms with Crippen LogP contribution < -0.4 is 4.74 Å². The van der Waals surface area contributed by atoms with Gasteiger partial charge in [-0.3, -0.25) is 14.8 Å². The number of nitro groups is 1. The predicted molar refractivity (Wildman–Crippen MR) is 93.8 cm³/mol. The normalized spacial score (nSPS) is 12.3. The highest BCUT2D eigenvalue weighted by atomic mass is 16.6. The number of hydrogen-bond acceptors (Lipinski definition) is 5. The molecule has 3 aromatic rings. The smallest absolute Gasteiger partial charge is 0.312 e. The Kier molecular flexibility index (Phi) is 4.67. The van der Waals surface area contributed by atoms with Gasteiger partial charge in [-0.15, -0.1) is 0 Å². The topological polar surface area (TPSA) is 90.4 Å². The Labute approximate surface area is 144 Å². The second-order valence-electron chi connectivity index (χ2n) is 5.90. The summed E-state index contributed by atoms with van der Waals surface area (Å²) in [4.78, 5) is 10.6. The van der Waals surface area contributed by atoms with Crippen molar-refractivity contribution in [3.8, 4) is 5.75 Å². The fraction of sp³-hybridized carbons (Fsp3) is 0.278. The molecule has 7 nitrogen and oxygen atoms in total. The second kappa shape index (κ2) is 6.90. The third-order valence-corrected chi connectivity index (χ3v) is 4.09. The summed E-state index contributed by atoms with van der Waals surface area (Å²) in [6.45, 7) is 3.41. The van der Waals surface area contributed by atoms with Gasteiger partial charge < -0.3 is 9.84 Å². The van der Waals surface area contributed by atoms with Crippen molar-refractivity contribution in [2.75, 3.05) is 6.61 Å². The van der Waals surface area contributed by atoms with E-state index in [4.69, 9.17) is 4.74 Å². The molecular formula is C18H19N3O4. The third kappa shape index (κ3) is 3.46. The summed E-state index contributed by atoms with van der Waals surface area (Å²) in [7, 11) is 0. The Bertz CT molecular complexity index is 915. The van der Waals surface area contributed by atoms with Crippen LogP contribution in [0.5, 0.6) is 5.75 Å². The molecule has 1 atom stereocenters. The van der Waals surface area contributed by atoms with E-state index in [2.05, 4.69) is 5.10 Å². The van der Waals surface area contributed by atoms with Gasteiger partial charge in [-0.2, -0.15) is 5.10 Å². The lowest BCUT2D eigenvalue weighted by Gasteiger charge is -2.14. The maximum absolute atomic E-state index is 11.0. The molecule has 7 heteroatoms. The number of hydrogen-bond donors (Lipinski definition) is 1. The average molecular weight is 341 g/mol. The summed E-state index contributed by atoms with van der Waals surface area (Å²) in [5, 5.41) is 27.5. The van der Waals surface area contributed by atoms with E-state index < -0.39 is 11.0 Å². The summed E-state index contributed by atoms with van der Waals surface area (Å²) >= 11 is 0. The number of rotatable bonds is 6. The molecule has 0 aliphatic rings. The number of fused-ring (bicyclic) bond motifs is 1. The monoisotopic (exact) mass is 341 g/mol. The molecule has 1 heterocycles. The Hall–Kier alpha value is -2.93. The first-order chi connectivity index (χ1) is 12.0. The Morgan fingerprint density at radius 2 is 1.96 bits per heavy atom. The molecule has 0 saturated carbocycles. The summed E-state index contributed by atoms with van der Waals surface area (Å²) in [6.07, 6.45) is -0.837. The van der Waals surface area contributed by atoms with E-state index in [9.17, 15) is 15.2 Å². The molecule has 2 aromatic carbocycles. The molecule has 0 saturated heterocycles. The lowest BCUT2D eigenvalue weighted by molar-refractivity contribution is -0.386. The van der Waals surface area contributed by atoms with Crippen LogP contribution in [0.15, 0.2) is 42.5 Å². The largest absolute Gasteiger partial charge is 0.490 e. The predicted octanol–water partition coefficient (Wildman–Crippen LogP) is 3.00. The molecule has 0 aliphatic heterocycles. The van der Waals surface area contributed by atoms with Gasteiger partial charge in [-0.05, 0) is 25.3 Å². The molecule has 1 unspecified atom stereocenters. The Morgan fingerprint density at radius 3 is 2.68 bits per heavy atom. The first-order valence-electron chi connectivity index (χ1n) is 7.94. The van der Waals surface area contributed by atoms with Crippen LogP contribution in [0.2, 0.25) is 0 Å². The number of nitrogens with zero attached hydrogens (tertiary/aromatic N) is 3. The zero-order valence-electron chi connectivity index (χ0n) is 14.0. The number of aliphatic hydroxyl groups excluding tert-OH is 1. The number of ether oxygens (including phenoxy) is 1. The van der Waals surface area contributed by atoms with Gasteiger partial charge in [0, 0.05) is 5.39 Å². The highest BCUT2D eigenvalue weighted by Crippen LogP contribution is 2.25. The van der Waals surface area contributed by atoms with E-state index in [1.165, 1.54) is 4.68 Å². The van der Waals surface area contributed by atoms with Gasteiger partial charge in [0.05, 0.1) is 11.5 Å². The van der Waals surface area contributed by atoms with Gasteiger partial charge in [-0.1, -0.05) is 36.4 Å². The number of aryl methyl sites for hydroxylation is 1. The van der Waals surface area contributed by atoms with E-state index in [1.807, 2.05) is 42.5 Å². The minimum absolute atomic E-state index is 0.0119. The highest BCUT2D eigenvalue weighted by molar-refractivity contribution is 5.88. The minimum atomic E-state index is -0.837. The number of aliphatic hydroxyl groups is 1. The molecule has 0 fully saturated rings. The highest BCUT2D eigenvalue weighted by Gasteiger charge is 2.23. The van der Waals surface area contributed by atoms with Gasteiger partial charge in [0.1, 0.15) is 29.8 Å². The lowest BCUT2D eigenvalue weighted by Crippen LogP contribution is -2.24. The van der Waals surface area contributed by atoms with Crippen LogP contribution in [-0.4, -0.2) is 32.5 Å². The standard InChI is InChI=1S/C18H19N3O4/c1-12-18(21(23)24)13(2)20(19-12)10-15(22)11-25-17-9-5-7-14-6-3-4-8-16(14)17/h3-9,15,22H,10-11H2,1-2H3. The lowest BCUT2D eigenvalue weighted by atomic mass is 10.1. The molecule has 0 radical (unpaired) electrons. The fourth-order valence-electron chi connectivity index (χ4n) is 2.89. The van der Waals surface area contributed by atoms with Gasteiger partial charge in [0.2, 0.25) is 0 Å². The van der Waals surface area contributed by atoms with E-state index in [-0.39, 0.29) is 18.8 Å². The molecule has 1 aromatic heterocycles. The molecular weight excluding hydrogens is 322 g/mol. The molecule has 25 heavy (non-hydrogen) atoms. The fourth-order valence-corrected chi connectivity index (χ4v) is 2.89. The van der Waals surface area contributed by atoms with Crippen LogP contribution >= 0.6 is 0 Å². The van der Waals surface area contributed by atoms with Crippen molar-refractivity contribution in [2.45, 2.75) is 26.5 Å². The van der Waals surface area contributed by atoms with Crippen molar-refractivity contribution < 1.29 is 14.8 Å². The van der Waals surface area contributed by atoms with E-state index in [0.29, 0.717) is 17.1 Å². The van der Waals surface area contributed by atoms with Crippen LogP contribution in [0.25, 0.3) is 10.8 Å². The van der Waals surface area contributed by atoms with Gasteiger partial charge in [-0.25, -0.2) is 0 Å². The molecule has 3 rings (SSSR count). The molecule has 0 amide bonds. The Balaban J connectivity index is 1.70. The summed E-state index contributed by atoms with van der Waals surface area (Å²) in [5.74, 6) is 0.691. The van der Waals surface area contributed by atoms with Gasteiger partial charge in [0.25, 0.3) is 0 Å². The van der Waals surface area contributed by atoms with Crippen LogP contribution in [0, 0.1) is 24.0 Å². The van der Waals surface area contributed by atoms with Crippen molar-refractivity contribution in [2.24, 2.45) is 0 Å². The van der Waals surface area contributed by atoms with Crippen molar-refractivity contribution in [1.29, 1.82) is 0 Å². The van der Waals surface area contributed by atoms with Crippen molar-refractivity contribution in [3.63, 3.8) is 0 Å². The molecule has 1 N–H and O–H groups in total. The Morgan fingerprint density at radius 1 is 1.24 bits per heavy atom.